The van der Waals surface area contributed by atoms with Crippen molar-refractivity contribution in [1.82, 2.24) is 19.6 Å². The normalized spacial score (nSPS) is 10.9. The molecule has 0 atom stereocenters. The third kappa shape index (κ3) is 3.56. The number of hydrogen-bond acceptors (Lipinski definition) is 3. The number of aryl methyl sites for hydroxylation is 3. The number of hydrogen-bond donors (Lipinski definition) is 1. The zero-order valence-corrected chi connectivity index (χ0v) is 11.4. The van der Waals surface area contributed by atoms with Crippen LogP contribution in [0, 0.1) is 6.92 Å². The topological polar surface area (TPSA) is 47.7 Å². The quantitative estimate of drug-likeness (QED) is 0.836. The average Bonchev–Trinajstić information content (AvgIpc) is 2.95. The number of halogens is 1. The molecule has 0 aliphatic carbocycles. The summed E-state index contributed by atoms with van der Waals surface area (Å²) in [6.07, 6.45) is 6.82. The molecule has 0 radical (unpaired) electrons. The summed E-state index contributed by atoms with van der Waals surface area (Å²) in [5.74, 6) is 0. The van der Waals surface area contributed by atoms with Crippen molar-refractivity contribution in [3.8, 4) is 0 Å². The summed E-state index contributed by atoms with van der Waals surface area (Å²) in [6, 6.07) is 0. The second-order valence-electron chi connectivity index (χ2n) is 4.55. The molecular weight excluding hydrogens is 245 g/mol. The molecule has 2 heterocycles. The Morgan fingerprint density at radius 2 is 2.11 bits per heavy atom. The van der Waals surface area contributed by atoms with E-state index in [1.807, 2.05) is 30.2 Å². The Hall–Kier alpha value is -1.85. The summed E-state index contributed by atoms with van der Waals surface area (Å²) < 4.78 is 15.8. The van der Waals surface area contributed by atoms with Crippen LogP contribution in [0.1, 0.15) is 24.6 Å². The lowest BCUT2D eigenvalue weighted by Crippen LogP contribution is -2.00. The summed E-state index contributed by atoms with van der Waals surface area (Å²) in [5.41, 5.74) is 2.96. The summed E-state index contributed by atoms with van der Waals surface area (Å²) >= 11 is 0. The molecule has 0 aromatic carbocycles. The predicted octanol–water partition coefficient (Wildman–Crippen LogP) is 2.38. The predicted molar refractivity (Wildman–Crippen MR) is 72.8 cm³/mol. The minimum Gasteiger partial charge on any atom is -0.378 e. The van der Waals surface area contributed by atoms with Gasteiger partial charge in [-0.3, -0.25) is 9.36 Å². The minimum absolute atomic E-state index is 0.303. The number of nitrogens with zero attached hydrogens (tertiary/aromatic N) is 4. The molecule has 0 unspecified atom stereocenters. The standard InChI is InChI=1S/C13H20FN5/c1-3-5-18-9-12(8-16-18)7-15-13-10-19(6-4-14)17-11(13)2/h8-10,15H,3-7H2,1-2H3. The molecule has 0 spiro atoms. The van der Waals surface area contributed by atoms with Crippen LogP contribution in [0.5, 0.6) is 0 Å². The first kappa shape index (κ1) is 13.6. The van der Waals surface area contributed by atoms with Crippen molar-refractivity contribution >= 4 is 5.69 Å². The third-order valence-corrected chi connectivity index (χ3v) is 2.88. The maximum absolute atomic E-state index is 12.3. The lowest BCUT2D eigenvalue weighted by Gasteiger charge is -2.02. The van der Waals surface area contributed by atoms with Gasteiger partial charge in [0.05, 0.1) is 24.1 Å². The summed E-state index contributed by atoms with van der Waals surface area (Å²) in [6.45, 7) is 5.58. The van der Waals surface area contributed by atoms with Gasteiger partial charge in [0.15, 0.2) is 0 Å². The van der Waals surface area contributed by atoms with E-state index in [9.17, 15) is 4.39 Å². The van der Waals surface area contributed by atoms with Gasteiger partial charge in [-0.05, 0) is 13.3 Å². The van der Waals surface area contributed by atoms with Crippen molar-refractivity contribution in [1.29, 1.82) is 0 Å². The summed E-state index contributed by atoms with van der Waals surface area (Å²) in [5, 5.41) is 11.8. The Morgan fingerprint density at radius 1 is 1.26 bits per heavy atom. The Kier molecular flexibility index (Phi) is 4.54. The zero-order chi connectivity index (χ0) is 13.7. The number of aromatic nitrogens is 4. The molecule has 0 amide bonds. The van der Waals surface area contributed by atoms with Crippen LogP contribution in [0.3, 0.4) is 0 Å². The number of anilines is 1. The number of rotatable bonds is 7. The maximum Gasteiger partial charge on any atom is 0.109 e. The molecule has 0 fully saturated rings. The molecule has 1 N–H and O–H groups in total. The Labute approximate surface area is 112 Å². The molecule has 104 valence electrons. The van der Waals surface area contributed by atoms with E-state index in [-0.39, 0.29) is 0 Å². The van der Waals surface area contributed by atoms with Crippen LogP contribution in [0.2, 0.25) is 0 Å². The molecule has 2 aromatic rings. The van der Waals surface area contributed by atoms with Crippen molar-refractivity contribution in [3.05, 3.63) is 29.8 Å². The van der Waals surface area contributed by atoms with Crippen LogP contribution >= 0.6 is 0 Å². The van der Waals surface area contributed by atoms with E-state index in [1.54, 1.807) is 4.68 Å². The van der Waals surface area contributed by atoms with Gasteiger partial charge in [-0.15, -0.1) is 0 Å². The lowest BCUT2D eigenvalue weighted by atomic mass is 10.3. The highest BCUT2D eigenvalue weighted by Gasteiger charge is 2.05. The van der Waals surface area contributed by atoms with Crippen molar-refractivity contribution in [2.24, 2.45) is 0 Å². The van der Waals surface area contributed by atoms with Crippen molar-refractivity contribution in [2.75, 3.05) is 12.0 Å². The van der Waals surface area contributed by atoms with Crippen LogP contribution in [-0.4, -0.2) is 26.2 Å². The molecular formula is C13H20FN5. The second kappa shape index (κ2) is 6.36. The SMILES string of the molecule is CCCn1cc(CNc2cn(CCF)nc2C)cn1. The monoisotopic (exact) mass is 265 g/mol. The first-order valence-electron chi connectivity index (χ1n) is 6.58. The second-order valence-corrected chi connectivity index (χ2v) is 4.55. The van der Waals surface area contributed by atoms with E-state index in [0.717, 1.165) is 29.9 Å². The summed E-state index contributed by atoms with van der Waals surface area (Å²) in [7, 11) is 0. The van der Waals surface area contributed by atoms with Gasteiger partial charge >= 0.3 is 0 Å². The molecule has 5 nitrogen and oxygen atoms in total. The van der Waals surface area contributed by atoms with Crippen LogP contribution in [0.15, 0.2) is 18.6 Å². The van der Waals surface area contributed by atoms with Crippen molar-refractivity contribution in [2.45, 2.75) is 39.9 Å². The Balaban J connectivity index is 1.93. The Morgan fingerprint density at radius 3 is 2.84 bits per heavy atom. The highest BCUT2D eigenvalue weighted by molar-refractivity contribution is 5.45. The molecule has 0 bridgehead atoms. The molecule has 0 aliphatic rings. The van der Waals surface area contributed by atoms with Crippen molar-refractivity contribution < 1.29 is 4.39 Å². The molecule has 0 saturated carbocycles. The van der Waals surface area contributed by atoms with E-state index in [4.69, 9.17) is 0 Å². The maximum atomic E-state index is 12.3. The van der Waals surface area contributed by atoms with Crippen LogP contribution in [0.4, 0.5) is 10.1 Å². The molecule has 0 saturated heterocycles. The van der Waals surface area contributed by atoms with Gasteiger partial charge in [-0.25, -0.2) is 4.39 Å². The fourth-order valence-corrected chi connectivity index (χ4v) is 1.94. The Bertz CT molecular complexity index is 517. The first-order valence-corrected chi connectivity index (χ1v) is 6.58. The van der Waals surface area contributed by atoms with Crippen molar-refractivity contribution in [3.63, 3.8) is 0 Å². The zero-order valence-electron chi connectivity index (χ0n) is 11.4. The highest BCUT2D eigenvalue weighted by Crippen LogP contribution is 2.13. The average molecular weight is 265 g/mol. The van der Waals surface area contributed by atoms with Gasteiger partial charge in [0, 0.05) is 31.0 Å². The highest BCUT2D eigenvalue weighted by atomic mass is 19.1. The van der Waals surface area contributed by atoms with E-state index < -0.39 is 6.67 Å². The van der Waals surface area contributed by atoms with E-state index in [2.05, 4.69) is 22.4 Å². The van der Waals surface area contributed by atoms with E-state index >= 15 is 0 Å². The smallest absolute Gasteiger partial charge is 0.109 e. The molecule has 2 rings (SSSR count). The molecule has 6 heteroatoms. The van der Waals surface area contributed by atoms with Crippen LogP contribution < -0.4 is 5.32 Å². The van der Waals surface area contributed by atoms with Gasteiger partial charge in [0.2, 0.25) is 0 Å². The van der Waals surface area contributed by atoms with Gasteiger partial charge < -0.3 is 5.32 Å². The van der Waals surface area contributed by atoms with Gasteiger partial charge in [-0.1, -0.05) is 6.92 Å². The van der Waals surface area contributed by atoms with Gasteiger partial charge in [0.25, 0.3) is 0 Å². The van der Waals surface area contributed by atoms with E-state index in [0.29, 0.717) is 13.1 Å². The first-order chi connectivity index (χ1) is 9.22. The fourth-order valence-electron chi connectivity index (χ4n) is 1.94. The van der Waals surface area contributed by atoms with E-state index in [1.165, 1.54) is 0 Å². The summed E-state index contributed by atoms with van der Waals surface area (Å²) in [4.78, 5) is 0. The minimum atomic E-state index is -0.398. The molecule has 19 heavy (non-hydrogen) atoms. The van der Waals surface area contributed by atoms with Crippen LogP contribution in [0.25, 0.3) is 0 Å². The van der Waals surface area contributed by atoms with Gasteiger partial charge in [0.1, 0.15) is 6.67 Å². The number of nitrogens with one attached hydrogen (secondary N) is 1. The number of alkyl halides is 1. The van der Waals surface area contributed by atoms with Gasteiger partial charge in [-0.2, -0.15) is 10.2 Å². The fraction of sp³-hybridized carbons (Fsp3) is 0.538. The van der Waals surface area contributed by atoms with Crippen LogP contribution in [-0.2, 0) is 19.6 Å². The largest absolute Gasteiger partial charge is 0.378 e. The lowest BCUT2D eigenvalue weighted by molar-refractivity contribution is 0.426. The molecule has 2 aromatic heterocycles. The molecule has 0 aliphatic heterocycles. The third-order valence-electron chi connectivity index (χ3n) is 2.88.